The van der Waals surface area contributed by atoms with Crippen LogP contribution in [0.15, 0.2) is 188 Å². The number of allylic oxidation sites excluding steroid dienone is 4. The minimum Gasteiger partial charge on any atom is -0.303 e. The van der Waals surface area contributed by atoms with Crippen molar-refractivity contribution in [3.05, 3.63) is 206 Å². The van der Waals surface area contributed by atoms with Crippen LogP contribution < -0.4 is 4.90 Å². The highest BCUT2D eigenvalue weighted by atomic mass is 15.1. The van der Waals surface area contributed by atoms with Gasteiger partial charge in [0.05, 0.1) is 5.69 Å². The molecule has 232 valence electrons. The standard InChI is InChI=1S/C48H35N/c1-5-15-36(16-6-1)38-25-29-42(30-26-38)49(43-31-27-39(28-32-43)37-17-7-2-8-18-37)44-33-34-46(41-21-11-4-12-22-41)48(35-44)47-24-14-13-23-45(47)40-19-9-3-10-20-40/h1-2,4-9,11-27,29-31,33-35H,3,10H2. The molecule has 0 aliphatic heterocycles. The first-order chi connectivity index (χ1) is 24.3. The molecule has 7 aromatic carbocycles. The minimum absolute atomic E-state index is 0.928. The molecule has 1 aliphatic carbocycles. The second kappa shape index (κ2) is 13.8. The lowest BCUT2D eigenvalue weighted by Gasteiger charge is -2.26. The third-order valence-electron chi connectivity index (χ3n) is 9.16. The highest BCUT2D eigenvalue weighted by Crippen LogP contribution is 2.43. The molecule has 1 nitrogen and oxygen atoms in total. The Hall–Kier alpha value is -6.36. The average molecular weight is 626 g/mol. The molecule has 1 heteroatoms. The van der Waals surface area contributed by atoms with Gasteiger partial charge in [-0.25, -0.2) is 0 Å². The first kappa shape index (κ1) is 30.0. The van der Waals surface area contributed by atoms with Gasteiger partial charge in [-0.05, 0) is 105 Å². The number of hydrogen-bond acceptors (Lipinski definition) is 1. The number of hydrogen-bond donors (Lipinski definition) is 0. The van der Waals surface area contributed by atoms with Crippen molar-refractivity contribution in [3.63, 3.8) is 0 Å². The minimum atomic E-state index is 0.928. The summed E-state index contributed by atoms with van der Waals surface area (Å²) in [6.45, 7) is 0. The van der Waals surface area contributed by atoms with Gasteiger partial charge in [-0.3, -0.25) is 0 Å². The highest BCUT2D eigenvalue weighted by molar-refractivity contribution is 5.94. The van der Waals surface area contributed by atoms with Crippen LogP contribution in [0.5, 0.6) is 0 Å². The molecule has 0 spiro atoms. The van der Waals surface area contributed by atoms with E-state index in [2.05, 4.69) is 199 Å². The highest BCUT2D eigenvalue weighted by Gasteiger charge is 2.19. The summed E-state index contributed by atoms with van der Waals surface area (Å²) in [4.78, 5) is 2.29. The first-order valence-corrected chi connectivity index (χ1v) is 16.9. The van der Waals surface area contributed by atoms with Crippen LogP contribution in [0.2, 0.25) is 0 Å². The zero-order valence-corrected chi connectivity index (χ0v) is 27.3. The Morgan fingerprint density at radius 2 is 1.02 bits per heavy atom. The topological polar surface area (TPSA) is 3.24 Å². The fourth-order valence-corrected chi connectivity index (χ4v) is 6.70. The molecule has 0 amide bonds. The molecule has 0 heterocycles. The summed E-state index contributed by atoms with van der Waals surface area (Å²) in [6, 6.07) is 67.4. The summed E-state index contributed by atoms with van der Waals surface area (Å²) in [5.74, 6) is 0. The van der Waals surface area contributed by atoms with E-state index in [9.17, 15) is 0 Å². The van der Waals surface area contributed by atoms with E-state index >= 15 is 0 Å². The second-order valence-corrected chi connectivity index (χ2v) is 12.3. The summed E-state index contributed by atoms with van der Waals surface area (Å²) in [5, 5.41) is 0. The van der Waals surface area contributed by atoms with Crippen LogP contribution >= 0.6 is 0 Å². The maximum absolute atomic E-state index is 3.53. The van der Waals surface area contributed by atoms with E-state index in [1.54, 1.807) is 0 Å². The van der Waals surface area contributed by atoms with Gasteiger partial charge >= 0.3 is 0 Å². The van der Waals surface area contributed by atoms with Crippen molar-refractivity contribution in [1.29, 1.82) is 0 Å². The first-order valence-electron chi connectivity index (χ1n) is 16.9. The van der Waals surface area contributed by atoms with Crippen molar-refractivity contribution >= 4 is 22.6 Å². The lowest BCUT2D eigenvalue weighted by molar-refractivity contribution is 1.04. The summed E-state index contributed by atoms with van der Waals surface area (Å²) >= 11 is 0. The molecule has 0 fully saturated rings. The Kier molecular flexibility index (Phi) is 8.44. The lowest BCUT2D eigenvalue weighted by atomic mass is 9.87. The van der Waals surface area contributed by atoms with Gasteiger partial charge in [-0.15, -0.1) is 0 Å². The molecule has 0 bridgehead atoms. The predicted molar refractivity (Wildman–Crippen MR) is 207 cm³/mol. The Labute approximate surface area is 289 Å². The van der Waals surface area contributed by atoms with Crippen molar-refractivity contribution in [2.75, 3.05) is 4.90 Å². The number of rotatable bonds is 8. The monoisotopic (exact) mass is 625 g/mol. The van der Waals surface area contributed by atoms with Crippen molar-refractivity contribution in [1.82, 2.24) is 0 Å². The average Bonchev–Trinajstić information content (AvgIpc) is 3.20. The summed E-state index contributed by atoms with van der Waals surface area (Å²) < 4.78 is 0. The van der Waals surface area contributed by atoms with Crippen LogP contribution in [0.25, 0.3) is 50.1 Å². The zero-order chi connectivity index (χ0) is 32.8. The molecule has 7 aromatic rings. The van der Waals surface area contributed by atoms with E-state index in [1.807, 2.05) is 6.07 Å². The third kappa shape index (κ3) is 6.33. The van der Waals surface area contributed by atoms with Gasteiger partial charge in [-0.2, -0.15) is 0 Å². The van der Waals surface area contributed by atoms with Crippen LogP contribution in [0.4, 0.5) is 17.1 Å². The van der Waals surface area contributed by atoms with E-state index in [-0.39, 0.29) is 0 Å². The molecule has 49 heavy (non-hydrogen) atoms. The van der Waals surface area contributed by atoms with Crippen molar-refractivity contribution in [2.24, 2.45) is 0 Å². The maximum Gasteiger partial charge on any atom is 0.0973 e. The third-order valence-corrected chi connectivity index (χ3v) is 9.16. The van der Waals surface area contributed by atoms with Crippen LogP contribution in [-0.4, -0.2) is 0 Å². The zero-order valence-electron chi connectivity index (χ0n) is 27.3. The molecule has 0 radical (unpaired) electrons. The predicted octanol–water partition coefficient (Wildman–Crippen LogP) is 13.2. The number of anilines is 3. The summed E-state index contributed by atoms with van der Waals surface area (Å²) in [5.41, 5.74) is 14.9. The van der Waals surface area contributed by atoms with Gasteiger partial charge in [0.25, 0.3) is 0 Å². The van der Waals surface area contributed by atoms with E-state index in [0.29, 0.717) is 0 Å². The van der Waals surface area contributed by atoms with Crippen LogP contribution in [0.3, 0.4) is 0 Å². The molecular formula is C48H35N. The molecular weight excluding hydrogens is 591 g/mol. The van der Waals surface area contributed by atoms with E-state index in [0.717, 1.165) is 41.0 Å². The quantitative estimate of drug-likeness (QED) is 0.162. The fraction of sp³-hybridized carbons (Fsp3) is 0.0417. The van der Waals surface area contributed by atoms with Gasteiger partial charge in [0.15, 0.2) is 0 Å². The molecule has 0 unspecified atom stereocenters. The van der Waals surface area contributed by atoms with Crippen molar-refractivity contribution < 1.29 is 0 Å². The molecule has 0 saturated carbocycles. The van der Waals surface area contributed by atoms with E-state index in [1.165, 1.54) is 44.5 Å². The van der Waals surface area contributed by atoms with E-state index in [4.69, 9.17) is 0 Å². The Morgan fingerprint density at radius 1 is 0.408 bits per heavy atom. The number of benzene rings is 6. The number of nitrogens with zero attached hydrogens (tertiary/aromatic N) is 1. The largest absolute Gasteiger partial charge is 0.303 e. The molecule has 0 N–H and O–H groups in total. The molecule has 0 atom stereocenters. The Bertz CT molecular complexity index is 2150. The molecule has 1 aliphatic rings. The summed E-state index contributed by atoms with van der Waals surface area (Å²) in [7, 11) is 0. The van der Waals surface area contributed by atoms with Gasteiger partial charge in [0.2, 0.25) is 0 Å². The van der Waals surface area contributed by atoms with Crippen LogP contribution in [0.1, 0.15) is 18.4 Å². The maximum atomic E-state index is 3.53. The van der Waals surface area contributed by atoms with Gasteiger partial charge in [-0.1, -0.05) is 158 Å². The van der Waals surface area contributed by atoms with Crippen LogP contribution in [0, 0.1) is 12.1 Å². The van der Waals surface area contributed by atoms with Gasteiger partial charge in [0, 0.05) is 16.9 Å². The smallest absolute Gasteiger partial charge is 0.0973 e. The molecule has 0 saturated heterocycles. The lowest BCUT2D eigenvalue weighted by Crippen LogP contribution is -2.10. The van der Waals surface area contributed by atoms with Gasteiger partial charge in [0.1, 0.15) is 0 Å². The fourth-order valence-electron chi connectivity index (χ4n) is 6.70. The second-order valence-electron chi connectivity index (χ2n) is 12.3. The Morgan fingerprint density at radius 3 is 1.67 bits per heavy atom. The SMILES string of the molecule is c1c(-c2ccccc2)ccc(N(c2ccc(-c3ccccc3)cc2)c2ccc(-c3ccccc3)c(-c3ccccc3C3=CCCC=C3)c2)c#1. The van der Waals surface area contributed by atoms with Crippen LogP contribution in [-0.2, 0) is 0 Å². The molecule has 0 aromatic heterocycles. The normalized spacial score (nSPS) is 12.2. The van der Waals surface area contributed by atoms with Crippen molar-refractivity contribution in [2.45, 2.75) is 12.8 Å². The van der Waals surface area contributed by atoms with Gasteiger partial charge < -0.3 is 4.90 Å². The molecule has 8 rings (SSSR count). The van der Waals surface area contributed by atoms with Crippen molar-refractivity contribution in [3.8, 4) is 44.5 Å². The van der Waals surface area contributed by atoms with E-state index < -0.39 is 0 Å². The Balaban J connectivity index is 1.30. The summed E-state index contributed by atoms with van der Waals surface area (Å²) in [6.07, 6.45) is 9.07.